The predicted molar refractivity (Wildman–Crippen MR) is 116 cm³/mol. The van der Waals surface area contributed by atoms with E-state index in [0.29, 0.717) is 18.6 Å². The highest BCUT2D eigenvalue weighted by atomic mass is 16.3. The summed E-state index contributed by atoms with van der Waals surface area (Å²) in [5.74, 6) is 5.29. The average Bonchev–Trinajstić information content (AvgIpc) is 2.72. The van der Waals surface area contributed by atoms with Crippen LogP contribution in [0.2, 0.25) is 0 Å². The normalized spacial score (nSPS) is 8.18. The van der Waals surface area contributed by atoms with Crippen molar-refractivity contribution < 1.29 is 20.4 Å². The minimum absolute atomic E-state index is 0.108. The molecule has 0 amide bonds. The second-order valence-electron chi connectivity index (χ2n) is 5.19. The highest BCUT2D eigenvalue weighted by Gasteiger charge is 1.86. The summed E-state index contributed by atoms with van der Waals surface area (Å²) >= 11 is 0. The number of phenols is 2. The van der Waals surface area contributed by atoms with Gasteiger partial charge in [-0.3, -0.25) is 0 Å². The van der Waals surface area contributed by atoms with Crippen LogP contribution in [0.15, 0.2) is 61.2 Å². The van der Waals surface area contributed by atoms with Crippen molar-refractivity contribution in [2.75, 3.05) is 13.2 Å². The van der Waals surface area contributed by atoms with Crippen molar-refractivity contribution in [2.24, 2.45) is 0 Å². The van der Waals surface area contributed by atoms with Crippen molar-refractivity contribution in [1.29, 1.82) is 0 Å². The fraction of sp³-hybridized carbons (Fsp3) is 0.250. The molecule has 0 unspecified atom stereocenters. The third-order valence-electron chi connectivity index (χ3n) is 2.97. The average molecular weight is 383 g/mol. The van der Waals surface area contributed by atoms with E-state index in [1.807, 2.05) is 12.1 Å². The molecule has 4 heteroatoms. The van der Waals surface area contributed by atoms with Crippen molar-refractivity contribution in [2.45, 2.75) is 26.2 Å². The van der Waals surface area contributed by atoms with Crippen LogP contribution in [0, 0.1) is 24.7 Å². The fourth-order valence-corrected chi connectivity index (χ4v) is 1.45. The minimum atomic E-state index is 0.108. The second kappa shape index (κ2) is 20.1. The van der Waals surface area contributed by atoms with Crippen molar-refractivity contribution >= 4 is 0 Å². The van der Waals surface area contributed by atoms with Gasteiger partial charge in [0.05, 0.1) is 6.61 Å². The molecule has 0 aliphatic carbocycles. The number of aliphatic hydroxyl groups excluding tert-OH is 2. The Morgan fingerprint density at radius 2 is 1.39 bits per heavy atom. The molecule has 0 aromatic heterocycles. The van der Waals surface area contributed by atoms with E-state index in [9.17, 15) is 0 Å². The summed E-state index contributed by atoms with van der Waals surface area (Å²) in [6.07, 6.45) is 13.7. The molecule has 150 valence electrons. The lowest BCUT2D eigenvalue weighted by atomic mass is 10.2. The second-order valence-corrected chi connectivity index (χ2v) is 5.19. The highest BCUT2D eigenvalue weighted by molar-refractivity contribution is 5.35. The van der Waals surface area contributed by atoms with Crippen LogP contribution in [0.1, 0.15) is 30.9 Å². The van der Waals surface area contributed by atoms with Crippen molar-refractivity contribution in [3.63, 3.8) is 0 Å². The number of aryl methyl sites for hydroxylation is 1. The molecule has 0 atom stereocenters. The number of rotatable bonds is 4. The first-order chi connectivity index (χ1) is 13.5. The molecule has 0 bridgehead atoms. The molecule has 0 saturated heterocycles. The van der Waals surface area contributed by atoms with E-state index in [2.05, 4.69) is 25.3 Å². The van der Waals surface area contributed by atoms with Gasteiger partial charge >= 0.3 is 0 Å². The van der Waals surface area contributed by atoms with Crippen LogP contribution in [0.3, 0.4) is 0 Å². The van der Waals surface area contributed by atoms with Crippen LogP contribution in [0.5, 0.6) is 11.5 Å². The highest BCUT2D eigenvalue weighted by Crippen LogP contribution is 2.09. The molecule has 4 N–H and O–H groups in total. The number of phenolic OH excluding ortho intramolecular Hbond substituents is 2. The van der Waals surface area contributed by atoms with Gasteiger partial charge in [-0.25, -0.2) is 0 Å². The van der Waals surface area contributed by atoms with Crippen LogP contribution in [-0.2, 0) is 6.42 Å². The zero-order valence-corrected chi connectivity index (χ0v) is 16.4. The zero-order valence-electron chi connectivity index (χ0n) is 16.4. The van der Waals surface area contributed by atoms with E-state index in [1.165, 1.54) is 5.56 Å². The van der Waals surface area contributed by atoms with E-state index in [4.69, 9.17) is 33.3 Å². The van der Waals surface area contributed by atoms with Crippen LogP contribution in [0.25, 0.3) is 0 Å². The lowest BCUT2D eigenvalue weighted by Gasteiger charge is -1.93. The topological polar surface area (TPSA) is 80.9 Å². The zero-order chi connectivity index (χ0) is 21.6. The molecule has 28 heavy (non-hydrogen) atoms. The minimum Gasteiger partial charge on any atom is -0.508 e. The SMILES string of the molecule is C#CCCO.C#Cc1ccc(O)cc1.C=CCCO.CCc1ccc(O)cc1. The van der Waals surface area contributed by atoms with E-state index in [-0.39, 0.29) is 19.0 Å². The molecule has 0 heterocycles. The summed E-state index contributed by atoms with van der Waals surface area (Å²) in [6.45, 7) is 5.81. The van der Waals surface area contributed by atoms with Crippen LogP contribution in [-0.4, -0.2) is 33.6 Å². The van der Waals surface area contributed by atoms with Gasteiger partial charge in [-0.05, 0) is 54.8 Å². The first-order valence-electron chi connectivity index (χ1n) is 8.78. The van der Waals surface area contributed by atoms with Crippen molar-refractivity contribution in [1.82, 2.24) is 0 Å². The summed E-state index contributed by atoms with van der Waals surface area (Å²) in [5, 5.41) is 33.6. The van der Waals surface area contributed by atoms with E-state index >= 15 is 0 Å². The van der Waals surface area contributed by atoms with Gasteiger partial charge in [0.25, 0.3) is 0 Å². The van der Waals surface area contributed by atoms with Crippen LogP contribution in [0.4, 0.5) is 0 Å². The molecule has 2 rings (SSSR count). The molecule has 0 fully saturated rings. The molecule has 4 nitrogen and oxygen atoms in total. The molecule has 0 radical (unpaired) electrons. The van der Waals surface area contributed by atoms with Crippen molar-refractivity contribution in [3.8, 4) is 36.2 Å². The van der Waals surface area contributed by atoms with Gasteiger partial charge in [-0.1, -0.05) is 31.1 Å². The Morgan fingerprint density at radius 1 is 0.893 bits per heavy atom. The molecular formula is C24H30O4. The summed E-state index contributed by atoms with van der Waals surface area (Å²) in [7, 11) is 0. The lowest BCUT2D eigenvalue weighted by molar-refractivity contribution is 0.302. The molecule has 0 saturated carbocycles. The number of aliphatic hydroxyl groups is 2. The van der Waals surface area contributed by atoms with E-state index < -0.39 is 0 Å². The van der Waals surface area contributed by atoms with Gasteiger partial charge in [-0.2, -0.15) is 0 Å². The third-order valence-corrected chi connectivity index (χ3v) is 2.97. The van der Waals surface area contributed by atoms with Gasteiger partial charge in [0.15, 0.2) is 0 Å². The molecule has 0 spiro atoms. The monoisotopic (exact) mass is 382 g/mol. The van der Waals surface area contributed by atoms with Crippen LogP contribution < -0.4 is 0 Å². The Hall–Kier alpha value is -3.18. The van der Waals surface area contributed by atoms with Gasteiger partial charge in [0.1, 0.15) is 11.5 Å². The molecular weight excluding hydrogens is 352 g/mol. The standard InChI is InChI=1S/C8H10O.C8H6O.C4H8O.C4H6O/c2*1-2-7-3-5-8(9)6-4-7;2*1-2-3-4-5/h3-6,9H,2H2,1H3;1,3-6,9H;2,5H,1,3-4H2;1,5H,3-4H2. The maximum absolute atomic E-state index is 8.85. The molecule has 0 aliphatic heterocycles. The Morgan fingerprint density at radius 3 is 1.64 bits per heavy atom. The Kier molecular flexibility index (Phi) is 19.4. The molecule has 2 aromatic rings. The Labute approximate surface area is 168 Å². The third kappa shape index (κ3) is 17.6. The van der Waals surface area contributed by atoms with E-state index in [0.717, 1.165) is 12.0 Å². The summed E-state index contributed by atoms with van der Waals surface area (Å²) in [4.78, 5) is 0. The summed E-state index contributed by atoms with van der Waals surface area (Å²) in [5.41, 5.74) is 2.04. The summed E-state index contributed by atoms with van der Waals surface area (Å²) < 4.78 is 0. The van der Waals surface area contributed by atoms with Gasteiger partial charge in [0, 0.05) is 18.6 Å². The Balaban J connectivity index is 0. The molecule has 2 aromatic carbocycles. The maximum atomic E-state index is 8.85. The first-order valence-corrected chi connectivity index (χ1v) is 8.78. The van der Waals surface area contributed by atoms with Gasteiger partial charge < -0.3 is 20.4 Å². The quantitative estimate of drug-likeness (QED) is 0.478. The maximum Gasteiger partial charge on any atom is 0.115 e. The number of aromatic hydroxyl groups is 2. The van der Waals surface area contributed by atoms with E-state index in [1.54, 1.807) is 42.5 Å². The number of hydrogen-bond donors (Lipinski definition) is 4. The Bertz CT molecular complexity index is 689. The van der Waals surface area contributed by atoms with Gasteiger partial charge in [-0.15, -0.1) is 25.3 Å². The first kappa shape index (κ1) is 27.0. The largest absolute Gasteiger partial charge is 0.508 e. The smallest absolute Gasteiger partial charge is 0.115 e. The number of terminal acetylenes is 2. The number of benzene rings is 2. The van der Waals surface area contributed by atoms with Gasteiger partial charge in [0.2, 0.25) is 0 Å². The van der Waals surface area contributed by atoms with Crippen molar-refractivity contribution in [3.05, 3.63) is 72.3 Å². The lowest BCUT2D eigenvalue weighted by Crippen LogP contribution is -1.75. The summed E-state index contributed by atoms with van der Waals surface area (Å²) in [6, 6.07) is 13.8. The fourth-order valence-electron chi connectivity index (χ4n) is 1.45. The predicted octanol–water partition coefficient (Wildman–Crippen LogP) is 3.88. The van der Waals surface area contributed by atoms with Crippen LogP contribution >= 0.6 is 0 Å². The number of hydrogen-bond acceptors (Lipinski definition) is 4. The molecule has 0 aliphatic rings.